The van der Waals surface area contributed by atoms with Crippen molar-refractivity contribution in [2.75, 3.05) is 36.4 Å². The Morgan fingerprint density at radius 1 is 0.905 bits per heavy atom. The second-order valence-electron chi connectivity index (χ2n) is 10.5. The van der Waals surface area contributed by atoms with Crippen LogP contribution in [0.25, 0.3) is 0 Å². The normalized spacial score (nSPS) is 16.8. The van der Waals surface area contributed by atoms with Crippen molar-refractivity contribution in [2.24, 2.45) is 5.92 Å². The smallest absolute Gasteiger partial charge is 0.382 e. The van der Waals surface area contributed by atoms with Gasteiger partial charge in [-0.3, -0.25) is 4.79 Å². The molecule has 2 aliphatic heterocycles. The van der Waals surface area contributed by atoms with Gasteiger partial charge in [0.1, 0.15) is 0 Å². The standard InChI is InChI=1S/C29H32F6N4O.C2H6/c30-28(31,32)22-5-8-25(9-6-22)38-14-10-20(11-15-38)2-1-3-27(40)39-16-12-23(13-17-39)37-24-7-4-21(19-36)26(18-24)29(33,34)35;1-2/h4-9,18,20,23,37H,1-3,10-17H2;1-2H3. The third kappa shape index (κ3) is 9.04. The summed E-state index contributed by atoms with van der Waals surface area (Å²) in [5.74, 6) is 0.556. The summed E-state index contributed by atoms with van der Waals surface area (Å²) in [6.45, 7) is 6.61. The van der Waals surface area contributed by atoms with Crippen LogP contribution >= 0.6 is 0 Å². The topological polar surface area (TPSA) is 59.4 Å². The molecule has 2 fully saturated rings. The zero-order chi connectivity index (χ0) is 30.9. The van der Waals surface area contributed by atoms with Gasteiger partial charge in [0.15, 0.2) is 0 Å². The number of halogens is 6. The molecule has 0 unspecified atom stereocenters. The summed E-state index contributed by atoms with van der Waals surface area (Å²) >= 11 is 0. The fourth-order valence-corrected chi connectivity index (χ4v) is 5.52. The van der Waals surface area contributed by atoms with Gasteiger partial charge in [-0.15, -0.1) is 0 Å². The fourth-order valence-electron chi connectivity index (χ4n) is 5.52. The summed E-state index contributed by atoms with van der Waals surface area (Å²) in [4.78, 5) is 16.6. The van der Waals surface area contributed by atoms with Crippen LogP contribution < -0.4 is 10.2 Å². The van der Waals surface area contributed by atoms with Crippen molar-refractivity contribution in [3.63, 3.8) is 0 Å². The van der Waals surface area contributed by atoms with Gasteiger partial charge in [-0.2, -0.15) is 31.6 Å². The number of anilines is 2. The molecule has 5 nitrogen and oxygen atoms in total. The number of benzene rings is 2. The molecule has 0 aliphatic carbocycles. The summed E-state index contributed by atoms with van der Waals surface area (Å²) in [7, 11) is 0. The average molecular weight is 597 g/mol. The minimum atomic E-state index is -4.61. The van der Waals surface area contributed by atoms with Crippen molar-refractivity contribution in [1.82, 2.24) is 4.90 Å². The Bertz CT molecular complexity index is 1190. The minimum absolute atomic E-state index is 0.0621. The second kappa shape index (κ2) is 14.7. The van der Waals surface area contributed by atoms with E-state index in [1.165, 1.54) is 24.3 Å². The number of likely N-dealkylation sites (tertiary alicyclic amines) is 1. The molecule has 1 amide bonds. The van der Waals surface area contributed by atoms with Crippen LogP contribution in [0, 0.1) is 17.2 Å². The lowest BCUT2D eigenvalue weighted by Crippen LogP contribution is -2.42. The highest BCUT2D eigenvalue weighted by Gasteiger charge is 2.34. The molecular formula is C31H38F6N4O. The zero-order valence-corrected chi connectivity index (χ0v) is 24.0. The maximum Gasteiger partial charge on any atom is 0.417 e. The number of hydrogen-bond donors (Lipinski definition) is 1. The van der Waals surface area contributed by atoms with E-state index < -0.39 is 29.0 Å². The first kappa shape index (κ1) is 33.1. The highest BCUT2D eigenvalue weighted by molar-refractivity contribution is 5.76. The largest absolute Gasteiger partial charge is 0.417 e. The Balaban J connectivity index is 0.00000237. The van der Waals surface area contributed by atoms with Gasteiger partial charge in [0.05, 0.1) is 22.8 Å². The Labute approximate surface area is 243 Å². The zero-order valence-electron chi connectivity index (χ0n) is 24.0. The maximum absolute atomic E-state index is 13.2. The number of amides is 1. The molecule has 2 saturated heterocycles. The molecule has 230 valence electrons. The summed E-state index contributed by atoms with van der Waals surface area (Å²) in [6, 6.07) is 10.4. The van der Waals surface area contributed by atoms with E-state index in [2.05, 4.69) is 10.2 Å². The molecule has 11 heteroatoms. The van der Waals surface area contributed by atoms with Crippen molar-refractivity contribution in [3.05, 3.63) is 59.2 Å². The summed E-state index contributed by atoms with van der Waals surface area (Å²) in [5.41, 5.74) is -0.928. The number of alkyl halides is 6. The molecule has 2 aromatic rings. The molecule has 0 aromatic heterocycles. The predicted molar refractivity (Wildman–Crippen MR) is 151 cm³/mol. The van der Waals surface area contributed by atoms with Gasteiger partial charge in [-0.1, -0.05) is 13.8 Å². The van der Waals surface area contributed by atoms with Gasteiger partial charge in [0.25, 0.3) is 0 Å². The Kier molecular flexibility index (Phi) is 11.5. The molecule has 0 spiro atoms. The summed E-state index contributed by atoms with van der Waals surface area (Å²) < 4.78 is 78.1. The van der Waals surface area contributed by atoms with Crippen LogP contribution in [0.4, 0.5) is 37.7 Å². The Morgan fingerprint density at radius 3 is 2.07 bits per heavy atom. The van der Waals surface area contributed by atoms with Gasteiger partial charge in [-0.25, -0.2) is 0 Å². The molecule has 0 saturated carbocycles. The lowest BCUT2D eigenvalue weighted by molar-refractivity contribution is -0.138. The highest BCUT2D eigenvalue weighted by atomic mass is 19.4. The van der Waals surface area contributed by atoms with Crippen LogP contribution in [-0.2, 0) is 17.1 Å². The van der Waals surface area contributed by atoms with Crippen molar-refractivity contribution >= 4 is 17.3 Å². The third-order valence-electron chi connectivity index (χ3n) is 7.84. The number of piperidine rings is 2. The maximum atomic E-state index is 13.2. The number of nitriles is 1. The first-order valence-corrected chi connectivity index (χ1v) is 14.5. The van der Waals surface area contributed by atoms with E-state index in [0.29, 0.717) is 44.0 Å². The molecule has 1 N–H and O–H groups in total. The van der Waals surface area contributed by atoms with Crippen molar-refractivity contribution in [2.45, 2.75) is 77.2 Å². The second-order valence-corrected chi connectivity index (χ2v) is 10.5. The van der Waals surface area contributed by atoms with E-state index in [-0.39, 0.29) is 11.9 Å². The van der Waals surface area contributed by atoms with Gasteiger partial charge >= 0.3 is 12.4 Å². The SMILES string of the molecule is CC.N#Cc1ccc(NC2CCN(C(=O)CCCC3CCN(c4ccc(C(F)(F)F)cc4)CC3)CC2)cc1C(F)(F)F. The predicted octanol–water partition coefficient (Wildman–Crippen LogP) is 8.11. The summed E-state index contributed by atoms with van der Waals surface area (Å²) in [6.07, 6.45) is -3.71. The highest BCUT2D eigenvalue weighted by Crippen LogP contribution is 2.34. The first-order valence-electron chi connectivity index (χ1n) is 14.5. The number of carbonyl (C=O) groups excluding carboxylic acids is 1. The van der Waals surface area contributed by atoms with Crippen LogP contribution in [0.2, 0.25) is 0 Å². The van der Waals surface area contributed by atoms with Crippen molar-refractivity contribution < 1.29 is 31.1 Å². The van der Waals surface area contributed by atoms with Gasteiger partial charge < -0.3 is 15.1 Å². The van der Waals surface area contributed by atoms with Gasteiger partial charge in [-0.05, 0) is 86.9 Å². The third-order valence-corrected chi connectivity index (χ3v) is 7.84. The molecule has 2 aromatic carbocycles. The van der Waals surface area contributed by atoms with Crippen LogP contribution in [0.3, 0.4) is 0 Å². The minimum Gasteiger partial charge on any atom is -0.382 e. The fraction of sp³-hybridized carbons (Fsp3) is 0.548. The van der Waals surface area contributed by atoms with E-state index >= 15 is 0 Å². The van der Waals surface area contributed by atoms with Crippen LogP contribution in [0.1, 0.15) is 75.5 Å². The van der Waals surface area contributed by atoms with E-state index in [1.807, 2.05) is 18.7 Å². The molecule has 42 heavy (non-hydrogen) atoms. The van der Waals surface area contributed by atoms with E-state index in [0.717, 1.165) is 62.7 Å². The number of hydrogen-bond acceptors (Lipinski definition) is 4. The number of carbonyl (C=O) groups is 1. The molecule has 2 heterocycles. The van der Waals surface area contributed by atoms with Crippen LogP contribution in [-0.4, -0.2) is 43.0 Å². The Hall–Kier alpha value is -3.42. The lowest BCUT2D eigenvalue weighted by atomic mass is 9.91. The van der Waals surface area contributed by atoms with E-state index in [1.54, 1.807) is 6.07 Å². The Morgan fingerprint density at radius 2 is 1.52 bits per heavy atom. The number of nitrogens with one attached hydrogen (secondary N) is 1. The van der Waals surface area contributed by atoms with E-state index in [9.17, 15) is 31.1 Å². The van der Waals surface area contributed by atoms with E-state index in [4.69, 9.17) is 5.26 Å². The quantitative estimate of drug-likeness (QED) is 0.328. The van der Waals surface area contributed by atoms with Crippen molar-refractivity contribution in [1.29, 1.82) is 5.26 Å². The molecule has 0 bridgehead atoms. The lowest BCUT2D eigenvalue weighted by Gasteiger charge is -2.34. The van der Waals surface area contributed by atoms with Crippen LogP contribution in [0.15, 0.2) is 42.5 Å². The van der Waals surface area contributed by atoms with Crippen molar-refractivity contribution in [3.8, 4) is 6.07 Å². The monoisotopic (exact) mass is 596 g/mol. The molecule has 4 rings (SSSR count). The number of rotatable bonds is 7. The molecule has 2 aliphatic rings. The van der Waals surface area contributed by atoms with Gasteiger partial charge in [0, 0.05) is 50.0 Å². The first-order chi connectivity index (χ1) is 19.9. The average Bonchev–Trinajstić information content (AvgIpc) is 2.98. The molecule has 0 radical (unpaired) electrons. The van der Waals surface area contributed by atoms with Crippen LogP contribution in [0.5, 0.6) is 0 Å². The summed E-state index contributed by atoms with van der Waals surface area (Å²) in [5, 5.41) is 12.1. The number of nitrogens with zero attached hydrogens (tertiary/aromatic N) is 3. The molecular weight excluding hydrogens is 558 g/mol. The molecule has 0 atom stereocenters. The van der Waals surface area contributed by atoms with Gasteiger partial charge in [0.2, 0.25) is 5.91 Å².